The van der Waals surface area contributed by atoms with Gasteiger partial charge in [-0.05, 0) is 19.3 Å². The molecule has 0 spiro atoms. The van der Waals surface area contributed by atoms with E-state index >= 15 is 0 Å². The van der Waals surface area contributed by atoms with Crippen molar-refractivity contribution in [3.63, 3.8) is 0 Å². The minimum Gasteiger partial charge on any atom is -0.378 e. The summed E-state index contributed by atoms with van der Waals surface area (Å²) in [6.45, 7) is 5.78. The second kappa shape index (κ2) is 9.05. The van der Waals surface area contributed by atoms with Gasteiger partial charge in [0.1, 0.15) is 0 Å². The fourth-order valence-corrected chi connectivity index (χ4v) is 1.98. The molecular weight excluding hydrogens is 214 g/mol. The van der Waals surface area contributed by atoms with E-state index in [9.17, 15) is 0 Å². The molecule has 1 rings (SSSR count). The number of nitrogens with two attached hydrogens (primary N) is 1. The molecule has 4 heteroatoms. The average Bonchev–Trinajstić information content (AvgIpc) is 2.37. The van der Waals surface area contributed by atoms with Crippen molar-refractivity contribution in [2.24, 2.45) is 10.7 Å². The first-order chi connectivity index (χ1) is 8.33. The van der Waals surface area contributed by atoms with Crippen molar-refractivity contribution in [1.82, 2.24) is 5.32 Å². The van der Waals surface area contributed by atoms with E-state index in [4.69, 9.17) is 10.5 Å². The van der Waals surface area contributed by atoms with Crippen LogP contribution in [0, 0.1) is 0 Å². The van der Waals surface area contributed by atoms with Crippen LogP contribution in [-0.4, -0.2) is 31.8 Å². The van der Waals surface area contributed by atoms with Gasteiger partial charge in [-0.15, -0.1) is 6.58 Å². The smallest absolute Gasteiger partial charge is 0.188 e. The van der Waals surface area contributed by atoms with Gasteiger partial charge in [0, 0.05) is 19.7 Å². The highest BCUT2D eigenvalue weighted by molar-refractivity contribution is 5.77. The third kappa shape index (κ3) is 7.00. The van der Waals surface area contributed by atoms with Crippen molar-refractivity contribution in [2.75, 3.05) is 19.7 Å². The highest BCUT2D eigenvalue weighted by atomic mass is 16.5. The monoisotopic (exact) mass is 239 g/mol. The van der Waals surface area contributed by atoms with Gasteiger partial charge in [0.15, 0.2) is 5.96 Å². The fraction of sp³-hybridized carbons (Fsp3) is 0.769. The normalized spacial score (nSPS) is 18.0. The summed E-state index contributed by atoms with van der Waals surface area (Å²) >= 11 is 0. The van der Waals surface area contributed by atoms with Crippen molar-refractivity contribution >= 4 is 5.96 Å². The highest BCUT2D eigenvalue weighted by Gasteiger charge is 2.12. The molecule has 3 N–H and O–H groups in total. The maximum absolute atomic E-state index is 5.80. The number of rotatable bonds is 7. The fourth-order valence-electron chi connectivity index (χ4n) is 1.98. The Kier molecular flexibility index (Phi) is 7.47. The maximum atomic E-state index is 5.80. The first kappa shape index (κ1) is 14.0. The predicted molar refractivity (Wildman–Crippen MR) is 72.1 cm³/mol. The molecule has 0 aromatic rings. The lowest BCUT2D eigenvalue weighted by Gasteiger charge is -2.21. The molecular formula is C13H25N3O. The van der Waals surface area contributed by atoms with Gasteiger partial charge in [0.25, 0.3) is 0 Å². The van der Waals surface area contributed by atoms with Gasteiger partial charge in [-0.1, -0.05) is 25.3 Å². The lowest BCUT2D eigenvalue weighted by Crippen LogP contribution is -2.31. The number of hydrogen-bond donors (Lipinski definition) is 2. The van der Waals surface area contributed by atoms with Crippen LogP contribution in [0.2, 0.25) is 0 Å². The van der Waals surface area contributed by atoms with Crippen LogP contribution in [0.3, 0.4) is 0 Å². The molecule has 0 aliphatic heterocycles. The van der Waals surface area contributed by atoms with E-state index in [1.165, 1.54) is 32.1 Å². The maximum Gasteiger partial charge on any atom is 0.188 e. The summed E-state index contributed by atoms with van der Waals surface area (Å²) in [6, 6.07) is 0. The largest absolute Gasteiger partial charge is 0.378 e. The van der Waals surface area contributed by atoms with Crippen molar-refractivity contribution in [3.05, 3.63) is 12.7 Å². The Morgan fingerprint density at radius 2 is 2.18 bits per heavy atom. The lowest BCUT2D eigenvalue weighted by atomic mass is 9.98. The summed E-state index contributed by atoms with van der Waals surface area (Å²) < 4.78 is 5.80. The van der Waals surface area contributed by atoms with Crippen molar-refractivity contribution in [2.45, 2.75) is 44.6 Å². The lowest BCUT2D eigenvalue weighted by molar-refractivity contribution is 0.0281. The molecule has 0 bridgehead atoms. The highest BCUT2D eigenvalue weighted by Crippen LogP contribution is 2.20. The molecule has 0 heterocycles. The van der Waals surface area contributed by atoms with E-state index < -0.39 is 0 Å². The summed E-state index contributed by atoms with van der Waals surface area (Å²) in [6.07, 6.45) is 9.65. The number of nitrogens with one attached hydrogen (secondary N) is 1. The topological polar surface area (TPSA) is 59.6 Å². The molecule has 1 fully saturated rings. The number of nitrogens with zero attached hydrogens (tertiary/aromatic N) is 1. The summed E-state index contributed by atoms with van der Waals surface area (Å²) in [5, 5.41) is 2.94. The Bertz CT molecular complexity index is 235. The molecule has 17 heavy (non-hydrogen) atoms. The van der Waals surface area contributed by atoms with E-state index in [1.54, 1.807) is 6.08 Å². The summed E-state index contributed by atoms with van der Waals surface area (Å²) in [7, 11) is 0. The van der Waals surface area contributed by atoms with E-state index in [0.717, 1.165) is 19.6 Å². The quantitative estimate of drug-likeness (QED) is 0.308. The Balaban J connectivity index is 1.97. The zero-order valence-corrected chi connectivity index (χ0v) is 10.7. The molecule has 1 saturated carbocycles. The number of aliphatic imine (C=N–C) groups is 1. The molecule has 1 aliphatic rings. The van der Waals surface area contributed by atoms with Crippen LogP contribution in [0.15, 0.2) is 17.6 Å². The van der Waals surface area contributed by atoms with Gasteiger partial charge in [-0.3, -0.25) is 4.99 Å². The number of guanidine groups is 1. The third-order valence-corrected chi connectivity index (χ3v) is 2.92. The van der Waals surface area contributed by atoms with Crippen LogP contribution < -0.4 is 11.1 Å². The Morgan fingerprint density at radius 1 is 1.41 bits per heavy atom. The van der Waals surface area contributed by atoms with E-state index in [2.05, 4.69) is 16.9 Å². The summed E-state index contributed by atoms with van der Waals surface area (Å²) in [5.74, 6) is 0.488. The van der Waals surface area contributed by atoms with Crippen LogP contribution in [0.1, 0.15) is 38.5 Å². The van der Waals surface area contributed by atoms with Gasteiger partial charge >= 0.3 is 0 Å². The molecule has 0 radical (unpaired) electrons. The molecule has 98 valence electrons. The van der Waals surface area contributed by atoms with Crippen molar-refractivity contribution in [1.29, 1.82) is 0 Å². The predicted octanol–water partition coefficient (Wildman–Crippen LogP) is 1.82. The SMILES string of the molecule is C=CCNC(N)=NCCCOC1CCCCC1. The Hall–Kier alpha value is -1.03. The second-order valence-electron chi connectivity index (χ2n) is 4.42. The van der Waals surface area contributed by atoms with Gasteiger partial charge in [0.05, 0.1) is 6.10 Å². The van der Waals surface area contributed by atoms with E-state index in [0.29, 0.717) is 18.6 Å². The van der Waals surface area contributed by atoms with Crippen LogP contribution in [0.5, 0.6) is 0 Å². The van der Waals surface area contributed by atoms with Gasteiger partial charge in [-0.25, -0.2) is 0 Å². The molecule has 0 aromatic heterocycles. The van der Waals surface area contributed by atoms with Gasteiger partial charge < -0.3 is 15.8 Å². The second-order valence-corrected chi connectivity index (χ2v) is 4.42. The van der Waals surface area contributed by atoms with Crippen LogP contribution in [-0.2, 0) is 4.74 Å². The summed E-state index contributed by atoms with van der Waals surface area (Å²) in [5.41, 5.74) is 5.64. The standard InChI is InChI=1S/C13H25N3O/c1-2-9-15-13(14)16-10-6-11-17-12-7-4-3-5-8-12/h2,12H,1,3-11H2,(H3,14,15,16). The van der Waals surface area contributed by atoms with Gasteiger partial charge in [-0.2, -0.15) is 0 Å². The number of ether oxygens (including phenoxy) is 1. The Labute approximate surface area is 104 Å². The van der Waals surface area contributed by atoms with Crippen molar-refractivity contribution in [3.8, 4) is 0 Å². The van der Waals surface area contributed by atoms with Crippen LogP contribution >= 0.6 is 0 Å². The molecule has 0 saturated heterocycles. The average molecular weight is 239 g/mol. The third-order valence-electron chi connectivity index (χ3n) is 2.92. The molecule has 0 unspecified atom stereocenters. The first-order valence-corrected chi connectivity index (χ1v) is 6.59. The molecule has 1 aliphatic carbocycles. The minimum absolute atomic E-state index is 0.488. The number of hydrogen-bond acceptors (Lipinski definition) is 2. The van der Waals surface area contributed by atoms with Gasteiger partial charge in [0.2, 0.25) is 0 Å². The molecule has 4 nitrogen and oxygen atoms in total. The zero-order chi connectivity index (χ0) is 12.3. The van der Waals surface area contributed by atoms with Crippen LogP contribution in [0.4, 0.5) is 0 Å². The molecule has 0 atom stereocenters. The van der Waals surface area contributed by atoms with Crippen LogP contribution in [0.25, 0.3) is 0 Å². The van der Waals surface area contributed by atoms with E-state index in [-0.39, 0.29) is 0 Å². The van der Waals surface area contributed by atoms with Crippen molar-refractivity contribution < 1.29 is 4.74 Å². The molecule has 0 amide bonds. The first-order valence-electron chi connectivity index (χ1n) is 6.59. The molecule has 0 aromatic carbocycles. The zero-order valence-electron chi connectivity index (χ0n) is 10.7. The minimum atomic E-state index is 0.488. The van der Waals surface area contributed by atoms with E-state index in [1.807, 2.05) is 0 Å². The summed E-state index contributed by atoms with van der Waals surface area (Å²) in [4.78, 5) is 4.20. The Morgan fingerprint density at radius 3 is 2.88 bits per heavy atom.